The Balaban J connectivity index is 0.000000115. The molecule has 0 spiro atoms. The molecule has 0 amide bonds. The van der Waals surface area contributed by atoms with Gasteiger partial charge in [-0.25, -0.2) is 44.9 Å². The fourth-order valence-electron chi connectivity index (χ4n) is 18.3. The van der Waals surface area contributed by atoms with E-state index in [4.69, 9.17) is 44.9 Å². The summed E-state index contributed by atoms with van der Waals surface area (Å²) in [6, 6.07) is 122. The van der Waals surface area contributed by atoms with Crippen LogP contribution in [0.5, 0.6) is 0 Å². The van der Waals surface area contributed by atoms with Crippen molar-refractivity contribution in [1.29, 1.82) is 0 Å². The van der Waals surface area contributed by atoms with Crippen molar-refractivity contribution in [1.82, 2.24) is 59.8 Å². The van der Waals surface area contributed by atoms with Gasteiger partial charge in [0.05, 0.1) is 0 Å². The van der Waals surface area contributed by atoms with Crippen molar-refractivity contribution in [3.8, 4) is 169 Å². The van der Waals surface area contributed by atoms with Crippen LogP contribution in [0.2, 0.25) is 0 Å². The van der Waals surface area contributed by atoms with Crippen LogP contribution in [0.4, 0.5) is 0 Å². The van der Waals surface area contributed by atoms with E-state index in [0.29, 0.717) is 52.4 Å². The summed E-state index contributed by atoms with van der Waals surface area (Å²) in [5, 5.41) is 5.14. The molecular formula is C113H82N12. The lowest BCUT2D eigenvalue weighted by Crippen LogP contribution is -2.15. The molecule has 0 radical (unpaired) electrons. The number of pyridine rings is 3. The molecule has 6 heterocycles. The van der Waals surface area contributed by atoms with Gasteiger partial charge in [-0.15, -0.1) is 0 Å². The van der Waals surface area contributed by atoms with Gasteiger partial charge in [0.1, 0.15) is 0 Å². The van der Waals surface area contributed by atoms with Crippen LogP contribution >= 0.6 is 0 Å². The van der Waals surface area contributed by atoms with E-state index in [2.05, 4.69) is 299 Å². The second kappa shape index (κ2) is 31.6. The van der Waals surface area contributed by atoms with E-state index in [-0.39, 0.29) is 16.2 Å². The zero-order valence-electron chi connectivity index (χ0n) is 69.8. The summed E-state index contributed by atoms with van der Waals surface area (Å²) in [7, 11) is 0. The van der Waals surface area contributed by atoms with Crippen LogP contribution in [0.25, 0.3) is 191 Å². The zero-order valence-corrected chi connectivity index (χ0v) is 69.8. The van der Waals surface area contributed by atoms with Crippen LogP contribution in [-0.4, -0.2) is 59.8 Å². The van der Waals surface area contributed by atoms with Crippen LogP contribution in [0, 0.1) is 0 Å². The van der Waals surface area contributed by atoms with Gasteiger partial charge in [0, 0.05) is 103 Å². The maximum atomic E-state index is 5.04. The standard InChI is InChI=1S/2C39H28N4.C35H26N4/c1-39(2)34-23-29(19-20-32(34)33-21-18-26-9-6-7-13-31(26)35(33)39)38-42-36(27-10-4-3-5-11-27)41-37(43-38)28-16-14-25(15-17-28)30-12-8-22-40-24-30;1-39(2)33-21-19-26-9-6-7-13-31(26)35(33)32-20-18-29(23-34(32)39)38-42-36(27-10-4-3-5-11-27)41-37(43-38)28-16-14-25(15-17-28)30-12-8-22-40-24-30;1-35(2)30-13-7-6-12-28(30)29-21-26(18-19-31(29)35)34-38-32(24-9-4-3-5-10-24)37-33(39-34)25-16-14-23(15-17-25)27-11-8-20-36-22-27/h2*3-24H,1-2H3;3-22H,1-2H3. The lowest BCUT2D eigenvalue weighted by molar-refractivity contribution is 0.660. The first kappa shape index (κ1) is 76.5. The smallest absolute Gasteiger partial charge is 0.164 e. The van der Waals surface area contributed by atoms with E-state index in [1.165, 1.54) is 88.3 Å². The summed E-state index contributed by atoms with van der Waals surface area (Å²) in [6.45, 7) is 13.9. The topological polar surface area (TPSA) is 155 Å². The normalized spacial score (nSPS) is 13.1. The van der Waals surface area contributed by atoms with Crippen molar-refractivity contribution in [2.24, 2.45) is 0 Å². The predicted octanol–water partition coefficient (Wildman–Crippen LogP) is 27.0. The lowest BCUT2D eigenvalue weighted by Gasteiger charge is -2.23. The Morgan fingerprint density at radius 3 is 0.920 bits per heavy atom. The first-order chi connectivity index (χ1) is 61.2. The van der Waals surface area contributed by atoms with E-state index >= 15 is 0 Å². The first-order valence-electron chi connectivity index (χ1n) is 42.3. The Morgan fingerprint density at radius 2 is 0.472 bits per heavy atom. The highest BCUT2D eigenvalue weighted by Gasteiger charge is 2.40. The minimum atomic E-state index is -0.165. The predicted molar refractivity (Wildman–Crippen MR) is 506 cm³/mol. The highest BCUT2D eigenvalue weighted by atomic mass is 15.1. The summed E-state index contributed by atoms with van der Waals surface area (Å²) >= 11 is 0. The largest absolute Gasteiger partial charge is 0.264 e. The van der Waals surface area contributed by atoms with Crippen LogP contribution in [-0.2, 0) is 16.2 Å². The van der Waals surface area contributed by atoms with Gasteiger partial charge in [0.2, 0.25) is 0 Å². The summed E-state index contributed by atoms with van der Waals surface area (Å²) in [5.41, 5.74) is 30.5. The Morgan fingerprint density at radius 1 is 0.176 bits per heavy atom. The molecule has 12 heteroatoms. The van der Waals surface area contributed by atoms with E-state index in [0.717, 1.165) is 83.5 Å². The molecule has 20 aromatic rings. The third-order valence-corrected chi connectivity index (χ3v) is 24.9. The molecule has 6 aromatic heterocycles. The zero-order chi connectivity index (χ0) is 84.3. The number of fused-ring (bicyclic) bond motifs is 13. The van der Waals surface area contributed by atoms with Gasteiger partial charge < -0.3 is 0 Å². The first-order valence-corrected chi connectivity index (χ1v) is 42.3. The van der Waals surface area contributed by atoms with Crippen molar-refractivity contribution in [3.05, 3.63) is 422 Å². The molecule has 0 atom stereocenters. The van der Waals surface area contributed by atoms with Crippen LogP contribution < -0.4 is 0 Å². The third-order valence-electron chi connectivity index (χ3n) is 24.9. The fourth-order valence-corrected chi connectivity index (χ4v) is 18.3. The van der Waals surface area contributed by atoms with Gasteiger partial charge in [-0.3, -0.25) is 15.0 Å². The maximum absolute atomic E-state index is 5.04. The highest BCUT2D eigenvalue weighted by Crippen LogP contribution is 2.55. The minimum absolute atomic E-state index is 0.0417. The third kappa shape index (κ3) is 14.3. The molecule has 125 heavy (non-hydrogen) atoms. The average molecular weight is 1610 g/mol. The van der Waals surface area contributed by atoms with E-state index in [1.54, 1.807) is 18.6 Å². The molecule has 0 aliphatic heterocycles. The molecule has 594 valence electrons. The molecule has 0 bridgehead atoms. The molecule has 0 N–H and O–H groups in total. The molecule has 0 saturated carbocycles. The molecule has 14 aromatic carbocycles. The van der Waals surface area contributed by atoms with E-state index in [1.807, 2.05) is 128 Å². The summed E-state index contributed by atoms with van der Waals surface area (Å²) in [5.74, 6) is 5.92. The van der Waals surface area contributed by atoms with Gasteiger partial charge in [0.15, 0.2) is 52.4 Å². The Hall–Kier alpha value is -15.9. The molecule has 23 rings (SSSR count). The number of hydrogen-bond acceptors (Lipinski definition) is 12. The second-order valence-electron chi connectivity index (χ2n) is 33.6. The molecule has 3 aliphatic carbocycles. The van der Waals surface area contributed by atoms with Crippen LogP contribution in [0.1, 0.15) is 74.9 Å². The summed E-state index contributed by atoms with van der Waals surface area (Å²) in [4.78, 5) is 57.6. The Bertz CT molecular complexity index is 7500. The maximum Gasteiger partial charge on any atom is 0.164 e. The molecule has 0 unspecified atom stereocenters. The van der Waals surface area contributed by atoms with Crippen molar-refractivity contribution >= 4 is 21.5 Å². The van der Waals surface area contributed by atoms with Crippen molar-refractivity contribution < 1.29 is 0 Å². The fraction of sp³-hybridized carbons (Fsp3) is 0.0796. The average Bonchev–Trinajstić information content (AvgIpc) is 1.57. The lowest BCUT2D eigenvalue weighted by atomic mass is 9.80. The molecule has 3 aliphatic rings. The second-order valence-corrected chi connectivity index (χ2v) is 33.6. The van der Waals surface area contributed by atoms with Crippen molar-refractivity contribution in [2.45, 2.75) is 57.8 Å². The minimum Gasteiger partial charge on any atom is -0.264 e. The van der Waals surface area contributed by atoms with Gasteiger partial charge in [0.25, 0.3) is 0 Å². The molecule has 0 fully saturated rings. The molecular weight excluding hydrogens is 1530 g/mol. The molecule has 12 nitrogen and oxygen atoms in total. The van der Waals surface area contributed by atoms with Gasteiger partial charge in [-0.1, -0.05) is 357 Å². The van der Waals surface area contributed by atoms with E-state index in [9.17, 15) is 0 Å². The number of aromatic nitrogens is 12. The SMILES string of the molecule is CC1(C)c2cc(-c3nc(-c4ccccc4)nc(-c4ccc(-c5cccnc5)cc4)n3)ccc2-c2c1ccc1ccccc21.CC1(C)c2cc(-c3nc(-c4ccccc4)nc(-c4ccc(-c5cccnc5)cc4)n3)ccc2-c2ccc3ccccc3c21.CC1(C)c2ccccc2-c2cc(-c3nc(-c4ccccc4)nc(-c4ccc(-c5cccnc5)cc4)n3)ccc21. The number of nitrogens with zero attached hydrogens (tertiary/aromatic N) is 12. The van der Waals surface area contributed by atoms with Gasteiger partial charge in [-0.05, 0) is 158 Å². The Kier molecular flexibility index (Phi) is 19.3. The van der Waals surface area contributed by atoms with Crippen LogP contribution in [0.15, 0.2) is 389 Å². The van der Waals surface area contributed by atoms with Crippen LogP contribution in [0.3, 0.4) is 0 Å². The monoisotopic (exact) mass is 1610 g/mol. The van der Waals surface area contributed by atoms with Crippen molar-refractivity contribution in [2.75, 3.05) is 0 Å². The summed E-state index contributed by atoms with van der Waals surface area (Å²) < 4.78 is 0. The van der Waals surface area contributed by atoms with Crippen molar-refractivity contribution in [3.63, 3.8) is 0 Å². The number of rotatable bonds is 12. The quantitative estimate of drug-likeness (QED) is 0.114. The van der Waals surface area contributed by atoms with Gasteiger partial charge in [-0.2, -0.15) is 0 Å². The number of benzene rings is 14. The Labute approximate surface area is 726 Å². The van der Waals surface area contributed by atoms with Gasteiger partial charge >= 0.3 is 0 Å². The highest BCUT2D eigenvalue weighted by molar-refractivity contribution is 6.03. The summed E-state index contributed by atoms with van der Waals surface area (Å²) in [6.07, 6.45) is 11.0. The molecule has 0 saturated heterocycles. The number of hydrogen-bond donors (Lipinski definition) is 0. The van der Waals surface area contributed by atoms with E-state index < -0.39 is 0 Å².